The van der Waals surface area contributed by atoms with Crippen LogP contribution >= 0.6 is 39.3 Å². The zero-order chi connectivity index (χ0) is 14.7. The second kappa shape index (κ2) is 6.98. The smallest absolute Gasteiger partial charge is 0.106 e. The second-order valence-corrected chi connectivity index (χ2v) is 7.12. The summed E-state index contributed by atoms with van der Waals surface area (Å²) in [5.41, 5.74) is 0.684. The molecule has 0 amide bonds. The van der Waals surface area contributed by atoms with E-state index >= 15 is 0 Å². The summed E-state index contributed by atoms with van der Waals surface area (Å²) < 4.78 is 2.80. The molecular formula is C14H16BrClN2OS. The molecule has 0 saturated heterocycles. The van der Waals surface area contributed by atoms with Crippen molar-refractivity contribution in [2.24, 2.45) is 0 Å². The van der Waals surface area contributed by atoms with Crippen LogP contribution in [0.2, 0.25) is 5.02 Å². The van der Waals surface area contributed by atoms with Crippen molar-refractivity contribution in [2.75, 3.05) is 5.75 Å². The molecule has 0 aliphatic rings. The maximum absolute atomic E-state index is 10.4. The van der Waals surface area contributed by atoms with Gasteiger partial charge >= 0.3 is 0 Å². The van der Waals surface area contributed by atoms with Gasteiger partial charge < -0.3 is 5.11 Å². The number of aliphatic hydroxyl groups is 1. The van der Waals surface area contributed by atoms with Crippen molar-refractivity contribution in [3.05, 3.63) is 45.7 Å². The Labute approximate surface area is 136 Å². The molecule has 0 aliphatic heterocycles. The SMILES string of the molecule is CC(C)n1ncc(Cl)c1C(O)CSc1cccc(Br)c1. The Balaban J connectivity index is 2.09. The minimum atomic E-state index is -0.642. The molecule has 1 unspecified atom stereocenters. The third-order valence-corrected chi connectivity index (χ3v) is 4.65. The lowest BCUT2D eigenvalue weighted by molar-refractivity contribution is 0.189. The van der Waals surface area contributed by atoms with Crippen LogP contribution in [0.3, 0.4) is 0 Å². The monoisotopic (exact) mass is 374 g/mol. The van der Waals surface area contributed by atoms with Gasteiger partial charge in [-0.1, -0.05) is 33.6 Å². The van der Waals surface area contributed by atoms with Crippen LogP contribution in [0.5, 0.6) is 0 Å². The van der Waals surface area contributed by atoms with E-state index in [4.69, 9.17) is 11.6 Å². The summed E-state index contributed by atoms with van der Waals surface area (Å²) in [6.45, 7) is 4.03. The fraction of sp³-hybridized carbons (Fsp3) is 0.357. The van der Waals surface area contributed by atoms with E-state index in [-0.39, 0.29) is 6.04 Å². The van der Waals surface area contributed by atoms with E-state index in [1.807, 2.05) is 38.1 Å². The zero-order valence-corrected chi connectivity index (χ0v) is 14.4. The summed E-state index contributed by atoms with van der Waals surface area (Å²) in [4.78, 5) is 1.10. The van der Waals surface area contributed by atoms with Gasteiger partial charge in [0, 0.05) is 21.2 Å². The Morgan fingerprint density at radius 1 is 1.45 bits per heavy atom. The summed E-state index contributed by atoms with van der Waals surface area (Å²) in [5, 5.41) is 15.1. The molecule has 0 radical (unpaired) electrons. The largest absolute Gasteiger partial charge is 0.386 e. The maximum Gasteiger partial charge on any atom is 0.106 e. The number of halogens is 2. The number of aliphatic hydroxyl groups excluding tert-OH is 1. The van der Waals surface area contributed by atoms with Crippen molar-refractivity contribution in [2.45, 2.75) is 30.9 Å². The molecule has 108 valence electrons. The molecule has 0 bridgehead atoms. The first-order chi connectivity index (χ1) is 9.49. The molecule has 2 aromatic rings. The minimum absolute atomic E-state index is 0.169. The molecule has 3 nitrogen and oxygen atoms in total. The highest BCUT2D eigenvalue weighted by Crippen LogP contribution is 2.31. The lowest BCUT2D eigenvalue weighted by atomic mass is 10.2. The Morgan fingerprint density at radius 3 is 2.85 bits per heavy atom. The Hall–Kier alpha value is -0.490. The number of thioether (sulfide) groups is 1. The molecule has 0 spiro atoms. The first kappa shape index (κ1) is 15.9. The number of rotatable bonds is 5. The van der Waals surface area contributed by atoms with E-state index < -0.39 is 6.10 Å². The van der Waals surface area contributed by atoms with Gasteiger partial charge in [-0.25, -0.2) is 0 Å². The normalized spacial score (nSPS) is 12.9. The molecule has 1 atom stereocenters. The zero-order valence-electron chi connectivity index (χ0n) is 11.3. The van der Waals surface area contributed by atoms with Gasteiger partial charge in [0.2, 0.25) is 0 Å². The summed E-state index contributed by atoms with van der Waals surface area (Å²) in [6, 6.07) is 8.17. The van der Waals surface area contributed by atoms with Gasteiger partial charge in [0.15, 0.2) is 0 Å². The van der Waals surface area contributed by atoms with E-state index in [1.54, 1.807) is 22.6 Å². The maximum atomic E-state index is 10.4. The Morgan fingerprint density at radius 2 is 2.20 bits per heavy atom. The number of nitrogens with zero attached hydrogens (tertiary/aromatic N) is 2. The molecule has 2 rings (SSSR count). The van der Waals surface area contributed by atoms with Gasteiger partial charge in [-0.3, -0.25) is 4.68 Å². The van der Waals surface area contributed by atoms with Gasteiger partial charge in [0.25, 0.3) is 0 Å². The van der Waals surface area contributed by atoms with E-state index in [0.717, 1.165) is 9.37 Å². The highest BCUT2D eigenvalue weighted by atomic mass is 79.9. The average molecular weight is 376 g/mol. The fourth-order valence-electron chi connectivity index (χ4n) is 1.88. The van der Waals surface area contributed by atoms with Crippen molar-refractivity contribution in [3.63, 3.8) is 0 Å². The van der Waals surface area contributed by atoms with E-state index in [9.17, 15) is 5.11 Å². The topological polar surface area (TPSA) is 38.0 Å². The van der Waals surface area contributed by atoms with E-state index in [0.29, 0.717) is 16.5 Å². The van der Waals surface area contributed by atoms with Crippen molar-refractivity contribution < 1.29 is 5.11 Å². The van der Waals surface area contributed by atoms with Crippen LogP contribution in [-0.2, 0) is 0 Å². The molecule has 0 fully saturated rings. The minimum Gasteiger partial charge on any atom is -0.386 e. The number of aromatic nitrogens is 2. The van der Waals surface area contributed by atoms with Crippen LogP contribution in [0.25, 0.3) is 0 Å². The third kappa shape index (κ3) is 3.79. The lowest BCUT2D eigenvalue weighted by Gasteiger charge is -2.16. The summed E-state index contributed by atoms with van der Waals surface area (Å²) >= 11 is 11.2. The van der Waals surface area contributed by atoms with Crippen molar-refractivity contribution in [3.8, 4) is 0 Å². The summed E-state index contributed by atoms with van der Waals surface area (Å²) in [6.07, 6.45) is 0.945. The molecular weight excluding hydrogens is 360 g/mol. The summed E-state index contributed by atoms with van der Waals surface area (Å²) in [5.74, 6) is 0.536. The van der Waals surface area contributed by atoms with Crippen LogP contribution in [0.15, 0.2) is 39.8 Å². The first-order valence-corrected chi connectivity index (χ1v) is 8.44. The third-order valence-electron chi connectivity index (χ3n) is 2.80. The van der Waals surface area contributed by atoms with Crippen molar-refractivity contribution >= 4 is 39.3 Å². The summed E-state index contributed by atoms with van der Waals surface area (Å²) in [7, 11) is 0. The predicted octanol–water partition coefficient (Wildman–Crippen LogP) is 4.71. The molecule has 0 saturated carbocycles. The van der Waals surface area contributed by atoms with Gasteiger partial charge in [0.1, 0.15) is 6.10 Å². The standard InChI is InChI=1S/C14H16BrClN2OS/c1-9(2)18-14(12(16)7-17-18)13(19)8-20-11-5-3-4-10(15)6-11/h3-7,9,13,19H,8H2,1-2H3. The predicted molar refractivity (Wildman–Crippen MR) is 87.4 cm³/mol. The molecule has 1 aromatic carbocycles. The number of hydrogen-bond donors (Lipinski definition) is 1. The fourth-order valence-corrected chi connectivity index (χ4v) is 3.59. The van der Waals surface area contributed by atoms with Gasteiger partial charge in [-0.05, 0) is 32.0 Å². The van der Waals surface area contributed by atoms with Crippen LogP contribution in [0.4, 0.5) is 0 Å². The van der Waals surface area contributed by atoms with Crippen molar-refractivity contribution in [1.82, 2.24) is 9.78 Å². The van der Waals surface area contributed by atoms with Crippen LogP contribution < -0.4 is 0 Å². The van der Waals surface area contributed by atoms with Gasteiger partial charge in [-0.15, -0.1) is 11.8 Å². The highest BCUT2D eigenvalue weighted by molar-refractivity contribution is 9.10. The van der Waals surface area contributed by atoms with Crippen LogP contribution in [-0.4, -0.2) is 20.6 Å². The molecule has 1 heterocycles. The Kier molecular flexibility index (Phi) is 5.55. The number of hydrogen-bond acceptors (Lipinski definition) is 3. The number of benzene rings is 1. The molecule has 6 heteroatoms. The Bertz CT molecular complexity index is 588. The van der Waals surface area contributed by atoms with Gasteiger partial charge in [0.05, 0.1) is 16.9 Å². The van der Waals surface area contributed by atoms with Gasteiger partial charge in [-0.2, -0.15) is 5.10 Å². The highest BCUT2D eigenvalue weighted by Gasteiger charge is 2.19. The van der Waals surface area contributed by atoms with E-state index in [1.165, 1.54) is 0 Å². The quantitative estimate of drug-likeness (QED) is 0.769. The van der Waals surface area contributed by atoms with Crippen molar-refractivity contribution in [1.29, 1.82) is 0 Å². The molecule has 1 N–H and O–H groups in total. The van der Waals surface area contributed by atoms with Crippen LogP contribution in [0.1, 0.15) is 31.7 Å². The van der Waals surface area contributed by atoms with Crippen LogP contribution in [0, 0.1) is 0 Å². The lowest BCUT2D eigenvalue weighted by Crippen LogP contribution is -2.13. The average Bonchev–Trinajstić information content (AvgIpc) is 2.78. The first-order valence-electron chi connectivity index (χ1n) is 6.28. The molecule has 0 aliphatic carbocycles. The van der Waals surface area contributed by atoms with E-state index in [2.05, 4.69) is 21.0 Å². The molecule has 20 heavy (non-hydrogen) atoms. The second-order valence-electron chi connectivity index (χ2n) is 4.70. The molecule has 1 aromatic heterocycles.